The first-order valence-electron chi connectivity index (χ1n) is 9.33. The number of carbonyl (C=O) groups is 1. The molecule has 0 atom stereocenters. The Morgan fingerprint density at radius 2 is 1.59 bits per heavy atom. The summed E-state index contributed by atoms with van der Waals surface area (Å²) in [5.41, 5.74) is 1.30. The molecule has 0 unspecified atom stereocenters. The molecule has 0 spiro atoms. The number of urea groups is 1. The number of aromatic nitrogens is 2. The second-order valence-corrected chi connectivity index (χ2v) is 7.52. The minimum atomic E-state index is -0.175. The predicted octanol–water partition coefficient (Wildman–Crippen LogP) is 3.35. The Hall–Kier alpha value is -3.13. The first-order chi connectivity index (χ1) is 14.1. The first kappa shape index (κ1) is 19.2. The number of carbonyl (C=O) groups excluding carboxylic acids is 1. The van der Waals surface area contributed by atoms with E-state index in [-0.39, 0.29) is 11.6 Å². The van der Waals surface area contributed by atoms with Crippen molar-refractivity contribution in [2.24, 2.45) is 0 Å². The molecule has 0 bridgehead atoms. The van der Waals surface area contributed by atoms with Gasteiger partial charge in [-0.3, -0.25) is 4.79 Å². The molecule has 148 valence electrons. The van der Waals surface area contributed by atoms with Crippen molar-refractivity contribution in [2.75, 3.05) is 36.4 Å². The average molecular weight is 454 g/mol. The number of amides is 2. The molecular weight excluding hydrogens is 434 g/mol. The standard InChI is InChI=1S/C21H20BrN5O2/c22-17-8-4-5-9-18(17)23-21(29)26-14-12-25(13-15-26)19-10-11-20(28)27(24-19)16-6-2-1-3-7-16/h1-11H,12-15H2,(H,23,29). The summed E-state index contributed by atoms with van der Waals surface area (Å²) in [6.07, 6.45) is 0. The number of nitrogens with one attached hydrogen (secondary N) is 1. The zero-order chi connectivity index (χ0) is 20.2. The molecule has 1 saturated heterocycles. The zero-order valence-electron chi connectivity index (χ0n) is 15.7. The van der Waals surface area contributed by atoms with Gasteiger partial charge in [-0.1, -0.05) is 30.3 Å². The molecule has 1 N–H and O–H groups in total. The van der Waals surface area contributed by atoms with Crippen molar-refractivity contribution in [1.82, 2.24) is 14.7 Å². The summed E-state index contributed by atoms with van der Waals surface area (Å²) in [5.74, 6) is 0.722. The number of halogens is 1. The Morgan fingerprint density at radius 1 is 0.897 bits per heavy atom. The van der Waals surface area contributed by atoms with Crippen LogP contribution in [0, 0.1) is 0 Å². The van der Waals surface area contributed by atoms with E-state index in [1.165, 1.54) is 10.7 Å². The van der Waals surface area contributed by atoms with Crippen molar-refractivity contribution in [3.05, 3.63) is 81.6 Å². The Kier molecular flexibility index (Phi) is 5.62. The lowest BCUT2D eigenvalue weighted by molar-refractivity contribution is 0.208. The Bertz CT molecular complexity index is 1060. The highest BCUT2D eigenvalue weighted by Crippen LogP contribution is 2.22. The second-order valence-electron chi connectivity index (χ2n) is 6.66. The van der Waals surface area contributed by atoms with Gasteiger partial charge < -0.3 is 15.1 Å². The summed E-state index contributed by atoms with van der Waals surface area (Å²) in [6, 6.07) is 20.0. The summed E-state index contributed by atoms with van der Waals surface area (Å²) < 4.78 is 2.25. The van der Waals surface area contributed by atoms with Gasteiger partial charge in [0.05, 0.1) is 11.4 Å². The molecule has 1 aliphatic heterocycles. The molecule has 1 aliphatic rings. The van der Waals surface area contributed by atoms with Gasteiger partial charge in [0.25, 0.3) is 5.56 Å². The van der Waals surface area contributed by atoms with Crippen molar-refractivity contribution in [2.45, 2.75) is 0 Å². The Balaban J connectivity index is 1.43. The van der Waals surface area contributed by atoms with Crippen LogP contribution >= 0.6 is 15.9 Å². The van der Waals surface area contributed by atoms with E-state index in [4.69, 9.17) is 0 Å². The van der Waals surface area contributed by atoms with Gasteiger partial charge in [0.15, 0.2) is 0 Å². The normalized spacial score (nSPS) is 14.0. The molecule has 29 heavy (non-hydrogen) atoms. The minimum absolute atomic E-state index is 0.126. The SMILES string of the molecule is O=C(Nc1ccccc1Br)N1CCN(c2ccc(=O)n(-c3ccccc3)n2)CC1. The highest BCUT2D eigenvalue weighted by Gasteiger charge is 2.23. The van der Waals surface area contributed by atoms with Crippen LogP contribution in [0.3, 0.4) is 0 Å². The molecule has 4 rings (SSSR count). The highest BCUT2D eigenvalue weighted by molar-refractivity contribution is 9.10. The van der Waals surface area contributed by atoms with Gasteiger partial charge >= 0.3 is 6.03 Å². The lowest BCUT2D eigenvalue weighted by Crippen LogP contribution is -2.50. The molecule has 2 aromatic carbocycles. The van der Waals surface area contributed by atoms with Crippen LogP contribution in [0.25, 0.3) is 5.69 Å². The number of nitrogens with zero attached hydrogens (tertiary/aromatic N) is 4. The van der Waals surface area contributed by atoms with Crippen molar-refractivity contribution in [3.63, 3.8) is 0 Å². The number of hydrogen-bond acceptors (Lipinski definition) is 4. The van der Waals surface area contributed by atoms with Crippen LogP contribution in [0.1, 0.15) is 0 Å². The number of rotatable bonds is 3. The Morgan fingerprint density at radius 3 is 2.31 bits per heavy atom. The molecule has 0 radical (unpaired) electrons. The molecule has 2 heterocycles. The minimum Gasteiger partial charge on any atom is -0.352 e. The number of hydrogen-bond donors (Lipinski definition) is 1. The van der Waals surface area contributed by atoms with Crippen molar-refractivity contribution in [3.8, 4) is 5.69 Å². The number of anilines is 2. The third-order valence-corrected chi connectivity index (χ3v) is 5.48. The summed E-state index contributed by atoms with van der Waals surface area (Å²) in [4.78, 5) is 28.6. The van der Waals surface area contributed by atoms with Crippen LogP contribution in [0.5, 0.6) is 0 Å². The van der Waals surface area contributed by atoms with Crippen LogP contribution < -0.4 is 15.8 Å². The molecule has 2 amide bonds. The van der Waals surface area contributed by atoms with Gasteiger partial charge in [-0.05, 0) is 46.3 Å². The maximum Gasteiger partial charge on any atom is 0.321 e. The van der Waals surface area contributed by atoms with Crippen molar-refractivity contribution in [1.29, 1.82) is 0 Å². The Labute approximate surface area is 176 Å². The third kappa shape index (κ3) is 4.32. The van der Waals surface area contributed by atoms with Crippen LogP contribution in [0.15, 0.2) is 76.0 Å². The van der Waals surface area contributed by atoms with Gasteiger partial charge in [0, 0.05) is 36.7 Å². The van der Waals surface area contributed by atoms with Gasteiger partial charge in [-0.15, -0.1) is 5.10 Å². The van der Waals surface area contributed by atoms with E-state index in [1.54, 1.807) is 11.0 Å². The summed E-state index contributed by atoms with van der Waals surface area (Å²) in [6.45, 7) is 2.43. The first-order valence-corrected chi connectivity index (χ1v) is 10.1. The molecule has 0 saturated carbocycles. The molecule has 0 aliphatic carbocycles. The molecular formula is C21H20BrN5O2. The predicted molar refractivity (Wildman–Crippen MR) is 117 cm³/mol. The fraction of sp³-hybridized carbons (Fsp3) is 0.190. The molecule has 1 aromatic heterocycles. The third-order valence-electron chi connectivity index (χ3n) is 4.79. The fourth-order valence-corrected chi connectivity index (χ4v) is 3.60. The van der Waals surface area contributed by atoms with Crippen molar-refractivity contribution < 1.29 is 4.79 Å². The molecule has 7 nitrogen and oxygen atoms in total. The fourth-order valence-electron chi connectivity index (χ4n) is 3.22. The molecule has 3 aromatic rings. The lowest BCUT2D eigenvalue weighted by Gasteiger charge is -2.35. The molecule has 8 heteroatoms. The van der Waals surface area contributed by atoms with Crippen LogP contribution in [-0.4, -0.2) is 46.9 Å². The van der Waals surface area contributed by atoms with Gasteiger partial charge in [-0.2, -0.15) is 4.68 Å². The van der Waals surface area contributed by atoms with Crippen LogP contribution in [-0.2, 0) is 0 Å². The van der Waals surface area contributed by atoms with E-state index < -0.39 is 0 Å². The van der Waals surface area contributed by atoms with Gasteiger partial charge in [0.2, 0.25) is 0 Å². The highest BCUT2D eigenvalue weighted by atomic mass is 79.9. The maximum absolute atomic E-state index is 12.6. The van der Waals surface area contributed by atoms with E-state index in [9.17, 15) is 9.59 Å². The van der Waals surface area contributed by atoms with E-state index in [0.29, 0.717) is 26.2 Å². The number of benzene rings is 2. The average Bonchev–Trinajstić information content (AvgIpc) is 2.76. The summed E-state index contributed by atoms with van der Waals surface area (Å²) in [7, 11) is 0. The molecule has 1 fully saturated rings. The van der Waals surface area contributed by atoms with E-state index in [0.717, 1.165) is 21.7 Å². The summed E-state index contributed by atoms with van der Waals surface area (Å²) >= 11 is 3.44. The largest absolute Gasteiger partial charge is 0.352 e. The van der Waals surface area contributed by atoms with E-state index >= 15 is 0 Å². The van der Waals surface area contributed by atoms with Crippen molar-refractivity contribution >= 4 is 33.5 Å². The smallest absolute Gasteiger partial charge is 0.321 e. The summed E-state index contributed by atoms with van der Waals surface area (Å²) in [5, 5.41) is 7.45. The van der Waals surface area contributed by atoms with Gasteiger partial charge in [-0.25, -0.2) is 4.79 Å². The maximum atomic E-state index is 12.6. The zero-order valence-corrected chi connectivity index (χ0v) is 17.2. The van der Waals surface area contributed by atoms with E-state index in [2.05, 4.69) is 31.2 Å². The number of piperazine rings is 1. The lowest BCUT2D eigenvalue weighted by atomic mass is 10.3. The van der Waals surface area contributed by atoms with Crippen LogP contribution in [0.2, 0.25) is 0 Å². The monoisotopic (exact) mass is 453 g/mol. The number of para-hydroxylation sites is 2. The topological polar surface area (TPSA) is 70.5 Å². The van der Waals surface area contributed by atoms with Gasteiger partial charge in [0.1, 0.15) is 5.82 Å². The second kappa shape index (κ2) is 8.48. The quantitative estimate of drug-likeness (QED) is 0.659. The van der Waals surface area contributed by atoms with Crippen LogP contribution in [0.4, 0.5) is 16.3 Å². The van der Waals surface area contributed by atoms with E-state index in [1.807, 2.05) is 54.6 Å².